The number of ether oxygens (including phenoxy) is 3. The Hall–Kier alpha value is -2.32. The molecule has 1 aromatic heterocycles. The average Bonchev–Trinajstić information content (AvgIpc) is 2.66. The highest BCUT2D eigenvalue weighted by Gasteiger charge is 2.34. The fourth-order valence-corrected chi connectivity index (χ4v) is 3.86. The summed E-state index contributed by atoms with van der Waals surface area (Å²) in [4.78, 5) is 14.0. The van der Waals surface area contributed by atoms with Crippen molar-refractivity contribution in [1.29, 1.82) is 0 Å². The smallest absolute Gasteiger partial charge is 0.227 e. The molecule has 0 saturated carbocycles. The fraction of sp³-hybridized carbons (Fsp3) is 0.556. The molecule has 26 heavy (non-hydrogen) atoms. The normalized spacial score (nSPS) is 23.7. The van der Waals surface area contributed by atoms with E-state index in [1.54, 1.807) is 14.2 Å². The highest BCUT2D eigenvalue weighted by atomic mass is 16.5. The van der Waals surface area contributed by atoms with Crippen LogP contribution < -0.4 is 20.1 Å². The number of aromatic nitrogens is 2. The number of methoxy groups -OCH3 is 2. The molecule has 8 nitrogen and oxygen atoms in total. The zero-order chi connectivity index (χ0) is 18.3. The molecule has 2 aliphatic rings. The van der Waals surface area contributed by atoms with Crippen molar-refractivity contribution >= 4 is 22.7 Å². The van der Waals surface area contributed by atoms with E-state index in [2.05, 4.69) is 21.7 Å². The van der Waals surface area contributed by atoms with Crippen molar-refractivity contribution in [2.75, 3.05) is 57.7 Å². The molecule has 2 saturated heterocycles. The first-order valence-corrected chi connectivity index (χ1v) is 8.88. The quantitative estimate of drug-likeness (QED) is 0.873. The molecule has 1 aromatic carbocycles. The minimum absolute atomic E-state index is 0.360. The molecule has 0 amide bonds. The first kappa shape index (κ1) is 17.1. The van der Waals surface area contributed by atoms with Gasteiger partial charge in [-0.25, -0.2) is 4.98 Å². The van der Waals surface area contributed by atoms with Gasteiger partial charge in [-0.05, 0) is 13.0 Å². The van der Waals surface area contributed by atoms with E-state index in [-0.39, 0.29) is 0 Å². The third-order valence-corrected chi connectivity index (χ3v) is 5.27. The van der Waals surface area contributed by atoms with Crippen molar-refractivity contribution in [3.63, 3.8) is 0 Å². The summed E-state index contributed by atoms with van der Waals surface area (Å²) in [7, 11) is 3.21. The van der Waals surface area contributed by atoms with Gasteiger partial charge in [-0.3, -0.25) is 4.90 Å². The summed E-state index contributed by atoms with van der Waals surface area (Å²) in [6, 6.07) is 4.48. The van der Waals surface area contributed by atoms with Crippen LogP contribution in [0.4, 0.5) is 11.8 Å². The van der Waals surface area contributed by atoms with Crippen LogP contribution >= 0.6 is 0 Å². The molecule has 0 bridgehead atoms. The number of hydrogen-bond acceptors (Lipinski definition) is 8. The van der Waals surface area contributed by atoms with E-state index in [1.807, 2.05) is 12.1 Å². The van der Waals surface area contributed by atoms with Gasteiger partial charge in [0.25, 0.3) is 0 Å². The predicted molar refractivity (Wildman–Crippen MR) is 100 cm³/mol. The van der Waals surface area contributed by atoms with E-state index < -0.39 is 0 Å². The van der Waals surface area contributed by atoms with Gasteiger partial charge in [0.1, 0.15) is 5.82 Å². The van der Waals surface area contributed by atoms with Gasteiger partial charge in [-0.15, -0.1) is 0 Å². The van der Waals surface area contributed by atoms with Crippen molar-refractivity contribution in [2.45, 2.75) is 19.0 Å². The minimum atomic E-state index is 0.360. The first-order chi connectivity index (χ1) is 12.6. The number of hydrogen-bond donors (Lipinski definition) is 1. The van der Waals surface area contributed by atoms with Crippen molar-refractivity contribution in [3.8, 4) is 11.5 Å². The minimum Gasteiger partial charge on any atom is -0.493 e. The number of nitrogens with two attached hydrogens (primary N) is 1. The molecule has 2 aromatic rings. The zero-order valence-electron chi connectivity index (χ0n) is 15.4. The van der Waals surface area contributed by atoms with Crippen LogP contribution in [0.15, 0.2) is 12.1 Å². The Balaban J connectivity index is 1.66. The molecular formula is C18H25N5O3. The number of nitrogens with zero attached hydrogens (tertiary/aromatic N) is 4. The number of anilines is 2. The second-order valence-electron chi connectivity index (χ2n) is 6.86. The summed E-state index contributed by atoms with van der Waals surface area (Å²) in [6.45, 7) is 6.45. The molecule has 8 heteroatoms. The Morgan fingerprint density at radius 1 is 1.12 bits per heavy atom. The zero-order valence-corrected chi connectivity index (χ0v) is 15.4. The van der Waals surface area contributed by atoms with E-state index in [4.69, 9.17) is 24.9 Å². The van der Waals surface area contributed by atoms with Crippen LogP contribution in [0, 0.1) is 0 Å². The number of benzene rings is 1. The average molecular weight is 359 g/mol. The topological polar surface area (TPSA) is 86.0 Å². The van der Waals surface area contributed by atoms with Crippen LogP contribution in [0.3, 0.4) is 0 Å². The maximum Gasteiger partial charge on any atom is 0.227 e. The Bertz CT molecular complexity index is 815. The molecule has 140 valence electrons. The Morgan fingerprint density at radius 3 is 2.65 bits per heavy atom. The van der Waals surface area contributed by atoms with Crippen LogP contribution in [0.1, 0.15) is 6.92 Å². The van der Waals surface area contributed by atoms with Crippen LogP contribution in [-0.4, -0.2) is 74.0 Å². The van der Waals surface area contributed by atoms with Crippen molar-refractivity contribution in [3.05, 3.63) is 12.1 Å². The van der Waals surface area contributed by atoms with Gasteiger partial charge in [-0.1, -0.05) is 0 Å². The van der Waals surface area contributed by atoms with E-state index in [0.29, 0.717) is 35.3 Å². The van der Waals surface area contributed by atoms with E-state index in [1.165, 1.54) is 0 Å². The summed E-state index contributed by atoms with van der Waals surface area (Å²) in [5.41, 5.74) is 6.97. The third kappa shape index (κ3) is 2.89. The van der Waals surface area contributed by atoms with Crippen molar-refractivity contribution in [1.82, 2.24) is 14.9 Å². The maximum atomic E-state index is 6.22. The van der Waals surface area contributed by atoms with Crippen LogP contribution in [0.2, 0.25) is 0 Å². The number of nitrogen functional groups attached to an aromatic ring is 1. The fourth-order valence-electron chi connectivity index (χ4n) is 3.86. The summed E-state index contributed by atoms with van der Waals surface area (Å²) < 4.78 is 16.5. The van der Waals surface area contributed by atoms with E-state index in [0.717, 1.165) is 43.8 Å². The van der Waals surface area contributed by atoms with Crippen LogP contribution in [0.25, 0.3) is 10.9 Å². The lowest BCUT2D eigenvalue weighted by atomic mass is 10.1. The first-order valence-electron chi connectivity index (χ1n) is 8.88. The Kier molecular flexibility index (Phi) is 4.46. The molecule has 2 N–H and O–H groups in total. The van der Waals surface area contributed by atoms with Crippen LogP contribution in [-0.2, 0) is 4.74 Å². The molecule has 2 aliphatic heterocycles. The van der Waals surface area contributed by atoms with Crippen molar-refractivity contribution < 1.29 is 14.2 Å². The van der Waals surface area contributed by atoms with Gasteiger partial charge in [0.05, 0.1) is 39.0 Å². The monoisotopic (exact) mass is 359 g/mol. The molecule has 3 heterocycles. The molecule has 0 spiro atoms. The molecule has 2 atom stereocenters. The second-order valence-corrected chi connectivity index (χ2v) is 6.86. The maximum absolute atomic E-state index is 6.22. The highest BCUT2D eigenvalue weighted by molar-refractivity contribution is 5.91. The molecule has 0 radical (unpaired) electrons. The number of fused-ring (bicyclic) bond motifs is 2. The van der Waals surface area contributed by atoms with Crippen molar-refractivity contribution in [2.24, 2.45) is 0 Å². The molecule has 0 unspecified atom stereocenters. The standard InChI is InChI=1S/C18H25N5O3/c1-11-9-26-10-12-8-22(4-5-23(11)12)18-20-14-7-16(25-3)15(24-2)6-13(14)17(19)21-18/h6-7,11-12H,4-5,8-10H2,1-3H3,(H2,19,20,21)/t11-,12+/m0/s1. The van der Waals surface area contributed by atoms with Crippen LogP contribution in [0.5, 0.6) is 11.5 Å². The lowest BCUT2D eigenvalue weighted by Crippen LogP contribution is -2.61. The Labute approximate surface area is 152 Å². The number of piperazine rings is 1. The second kappa shape index (κ2) is 6.77. The van der Waals surface area contributed by atoms with Gasteiger partial charge >= 0.3 is 0 Å². The molecule has 4 rings (SSSR count). The largest absolute Gasteiger partial charge is 0.493 e. The third-order valence-electron chi connectivity index (χ3n) is 5.27. The number of morpholine rings is 1. The lowest BCUT2D eigenvalue weighted by molar-refractivity contribution is -0.0470. The molecular weight excluding hydrogens is 334 g/mol. The summed E-state index contributed by atoms with van der Waals surface area (Å²) in [6.07, 6.45) is 0. The van der Waals surface area contributed by atoms with Gasteiger partial charge in [0.15, 0.2) is 11.5 Å². The Morgan fingerprint density at radius 2 is 1.88 bits per heavy atom. The molecule has 2 fully saturated rings. The number of rotatable bonds is 3. The van der Waals surface area contributed by atoms with Gasteiger partial charge in [0.2, 0.25) is 5.95 Å². The SMILES string of the molecule is COc1cc2nc(N3CCN4[C@@H](COC[C@@H]4C)C3)nc(N)c2cc1OC. The summed E-state index contributed by atoms with van der Waals surface area (Å²) >= 11 is 0. The highest BCUT2D eigenvalue weighted by Crippen LogP contribution is 2.34. The predicted octanol–water partition coefficient (Wildman–Crippen LogP) is 1.14. The van der Waals surface area contributed by atoms with Gasteiger partial charge in [-0.2, -0.15) is 4.98 Å². The summed E-state index contributed by atoms with van der Waals surface area (Å²) in [5, 5.41) is 0.764. The van der Waals surface area contributed by atoms with E-state index >= 15 is 0 Å². The van der Waals surface area contributed by atoms with Gasteiger partial charge in [0, 0.05) is 37.1 Å². The molecule has 0 aliphatic carbocycles. The van der Waals surface area contributed by atoms with Gasteiger partial charge < -0.3 is 24.8 Å². The summed E-state index contributed by atoms with van der Waals surface area (Å²) in [5.74, 6) is 2.34. The van der Waals surface area contributed by atoms with E-state index in [9.17, 15) is 0 Å². The lowest BCUT2D eigenvalue weighted by Gasteiger charge is -2.47.